The molecule has 0 aliphatic rings. The largest absolute Gasteiger partial charge is 0.480 e. The van der Waals surface area contributed by atoms with Crippen LogP contribution in [0.25, 0.3) is 0 Å². The lowest BCUT2D eigenvalue weighted by molar-refractivity contribution is -0.141. The first kappa shape index (κ1) is 19.6. The van der Waals surface area contributed by atoms with E-state index in [0.717, 1.165) is 0 Å². The van der Waals surface area contributed by atoms with Gasteiger partial charge < -0.3 is 25.4 Å². The molecule has 2 amide bonds. The summed E-state index contributed by atoms with van der Waals surface area (Å²) in [5.41, 5.74) is 0. The maximum absolute atomic E-state index is 11.9. The van der Waals surface area contributed by atoms with E-state index >= 15 is 0 Å². The summed E-state index contributed by atoms with van der Waals surface area (Å²) in [6.45, 7) is 3.82. The number of carbonyl (C=O) groups is 3. The third kappa shape index (κ3) is 7.79. The number of hydrogen-bond donors (Lipinski definition) is 5. The summed E-state index contributed by atoms with van der Waals surface area (Å²) in [4.78, 5) is 34.2. The van der Waals surface area contributed by atoms with E-state index < -0.39 is 43.9 Å². The lowest BCUT2D eigenvalue weighted by Gasteiger charge is -2.20. The third-order valence-corrected chi connectivity index (χ3v) is 3.35. The molecule has 1 unspecified atom stereocenters. The number of amides is 2. The van der Waals surface area contributed by atoms with E-state index in [1.165, 1.54) is 20.5 Å². The van der Waals surface area contributed by atoms with Gasteiger partial charge in [0.1, 0.15) is 20.0 Å². The Morgan fingerprint density at radius 2 is 1.62 bits per heavy atom. The second kappa shape index (κ2) is 9.49. The molecule has 5 N–H and O–H groups in total. The predicted molar refractivity (Wildman–Crippen MR) is 76.4 cm³/mol. The normalized spacial score (nSPS) is 16.4. The van der Waals surface area contributed by atoms with Crippen molar-refractivity contribution >= 4 is 25.7 Å². The lowest BCUT2D eigenvalue weighted by atomic mass is 10.2. The van der Waals surface area contributed by atoms with Crippen LogP contribution in [0.4, 0.5) is 0 Å². The molecule has 0 saturated heterocycles. The maximum atomic E-state index is 11.9. The van der Waals surface area contributed by atoms with Crippen molar-refractivity contribution < 1.29 is 29.2 Å². The van der Waals surface area contributed by atoms with Gasteiger partial charge in [-0.25, -0.2) is 0 Å². The number of rotatable bonds is 9. The fourth-order valence-corrected chi connectivity index (χ4v) is 2.19. The Labute approximate surface area is 123 Å². The fourth-order valence-electron chi connectivity index (χ4n) is 1.42. The van der Waals surface area contributed by atoms with Crippen LogP contribution >= 0.6 is 7.95 Å². The van der Waals surface area contributed by atoms with Crippen molar-refractivity contribution in [3.63, 3.8) is 0 Å². The van der Waals surface area contributed by atoms with Gasteiger partial charge in [0.25, 0.3) is 0 Å². The van der Waals surface area contributed by atoms with Gasteiger partial charge in [-0.3, -0.25) is 19.5 Å². The van der Waals surface area contributed by atoms with E-state index in [0.29, 0.717) is 0 Å². The van der Waals surface area contributed by atoms with Gasteiger partial charge in [-0.05, 0) is 26.9 Å². The summed E-state index contributed by atoms with van der Waals surface area (Å²) in [6.07, 6.45) is 0.0515. The molecular formula is C11H22N3O6P. The van der Waals surface area contributed by atoms with Crippen molar-refractivity contribution in [2.75, 3.05) is 13.3 Å². The lowest BCUT2D eigenvalue weighted by Crippen LogP contribution is -2.53. The number of hydrogen-bond acceptors (Lipinski definition) is 5. The molecule has 0 saturated carbocycles. The van der Waals surface area contributed by atoms with E-state index in [9.17, 15) is 18.9 Å². The SMILES string of the molecule is C[C@H](NC(=O)[C@H](C)NC(=O)[C@H](CCO)N[PH](C)=O)C(=O)O. The van der Waals surface area contributed by atoms with Gasteiger partial charge in [-0.1, -0.05) is 0 Å². The van der Waals surface area contributed by atoms with Gasteiger partial charge in [0.2, 0.25) is 11.8 Å². The zero-order valence-corrected chi connectivity index (χ0v) is 13.2. The molecule has 0 aliphatic heterocycles. The number of nitrogens with one attached hydrogen (secondary N) is 3. The monoisotopic (exact) mass is 323 g/mol. The minimum atomic E-state index is -2.14. The summed E-state index contributed by atoms with van der Waals surface area (Å²) >= 11 is 0. The summed E-state index contributed by atoms with van der Waals surface area (Å²) in [7, 11) is -2.14. The van der Waals surface area contributed by atoms with Crippen LogP contribution in [0.2, 0.25) is 0 Å². The minimum absolute atomic E-state index is 0.0515. The highest BCUT2D eigenvalue weighted by Crippen LogP contribution is 2.10. The molecule has 0 aromatic rings. The van der Waals surface area contributed by atoms with E-state index in [1.54, 1.807) is 0 Å². The van der Waals surface area contributed by atoms with Crippen molar-refractivity contribution in [3.05, 3.63) is 0 Å². The first-order valence-corrected chi connectivity index (χ1v) is 8.31. The average Bonchev–Trinajstić information content (AvgIpc) is 2.37. The van der Waals surface area contributed by atoms with Gasteiger partial charge in [-0.2, -0.15) is 0 Å². The first-order chi connectivity index (χ1) is 9.68. The molecule has 21 heavy (non-hydrogen) atoms. The highest BCUT2D eigenvalue weighted by Gasteiger charge is 2.24. The Balaban J connectivity index is 4.55. The molecule has 0 spiro atoms. The van der Waals surface area contributed by atoms with Gasteiger partial charge in [0.15, 0.2) is 0 Å². The average molecular weight is 323 g/mol. The zero-order valence-electron chi connectivity index (χ0n) is 12.2. The molecule has 0 bridgehead atoms. The van der Waals surface area contributed by atoms with Crippen LogP contribution < -0.4 is 15.7 Å². The highest BCUT2D eigenvalue weighted by molar-refractivity contribution is 7.41. The Kier molecular flexibility index (Phi) is 8.84. The van der Waals surface area contributed by atoms with E-state index in [4.69, 9.17) is 10.2 Å². The van der Waals surface area contributed by atoms with Gasteiger partial charge in [0.05, 0.1) is 6.04 Å². The molecular weight excluding hydrogens is 301 g/mol. The molecule has 9 nitrogen and oxygen atoms in total. The number of aliphatic hydroxyl groups is 1. The highest BCUT2D eigenvalue weighted by atomic mass is 31.1. The molecule has 10 heteroatoms. The van der Waals surface area contributed by atoms with Gasteiger partial charge in [-0.15, -0.1) is 0 Å². The molecule has 0 fully saturated rings. The van der Waals surface area contributed by atoms with Crippen LogP contribution in [0.5, 0.6) is 0 Å². The summed E-state index contributed by atoms with van der Waals surface area (Å²) in [6, 6.07) is -2.91. The van der Waals surface area contributed by atoms with Crippen LogP contribution in [0.3, 0.4) is 0 Å². The van der Waals surface area contributed by atoms with Crippen LogP contribution in [0.1, 0.15) is 20.3 Å². The molecule has 0 heterocycles. The molecule has 4 atom stereocenters. The predicted octanol–water partition coefficient (Wildman–Crippen LogP) is -1.47. The fraction of sp³-hybridized carbons (Fsp3) is 0.727. The second-order valence-electron chi connectivity index (χ2n) is 4.56. The molecule has 0 rings (SSSR count). The van der Waals surface area contributed by atoms with Crippen molar-refractivity contribution in [1.82, 2.24) is 15.7 Å². The topological polar surface area (TPSA) is 145 Å². The van der Waals surface area contributed by atoms with E-state index in [2.05, 4.69) is 15.7 Å². The zero-order chi connectivity index (χ0) is 16.6. The number of carboxylic acids is 1. The summed E-state index contributed by atoms with van der Waals surface area (Å²) in [5.74, 6) is -2.42. The number of carbonyl (C=O) groups excluding carboxylic acids is 2. The van der Waals surface area contributed by atoms with Crippen LogP contribution in [0, 0.1) is 0 Å². The van der Waals surface area contributed by atoms with Crippen LogP contribution in [-0.2, 0) is 18.9 Å². The molecule has 0 aliphatic carbocycles. The molecule has 0 radical (unpaired) electrons. The van der Waals surface area contributed by atoms with Gasteiger partial charge >= 0.3 is 5.97 Å². The number of aliphatic carboxylic acids is 1. The quantitative estimate of drug-likeness (QED) is 0.326. The standard InChI is InChI=1S/C11H22N3O6P/c1-6(9(16)13-7(2)11(18)19)12-10(17)8(4-5-15)14-21(3)20/h6-8,15,21H,4-5H2,1-3H3,(H,12,17)(H,13,16)(H,14,20)(H,18,19)/t6-,7-,8-/m0/s1. The summed E-state index contributed by atoms with van der Waals surface area (Å²) < 4.78 is 11.1. The number of carboxylic acid groups (broad SMARTS) is 1. The second-order valence-corrected chi connectivity index (χ2v) is 5.97. The smallest absolute Gasteiger partial charge is 0.325 e. The van der Waals surface area contributed by atoms with Crippen molar-refractivity contribution in [2.24, 2.45) is 0 Å². The first-order valence-electron chi connectivity index (χ1n) is 6.40. The van der Waals surface area contributed by atoms with Gasteiger partial charge in [0, 0.05) is 6.61 Å². The van der Waals surface area contributed by atoms with E-state index in [-0.39, 0.29) is 13.0 Å². The Bertz CT molecular complexity index is 417. The van der Waals surface area contributed by atoms with Crippen LogP contribution in [-0.4, -0.2) is 59.4 Å². The maximum Gasteiger partial charge on any atom is 0.325 e. The molecule has 0 aromatic heterocycles. The minimum Gasteiger partial charge on any atom is -0.480 e. The van der Waals surface area contributed by atoms with Crippen molar-refractivity contribution in [1.29, 1.82) is 0 Å². The Hall–Kier alpha value is -1.44. The van der Waals surface area contributed by atoms with Crippen molar-refractivity contribution in [2.45, 2.75) is 38.4 Å². The number of aliphatic hydroxyl groups excluding tert-OH is 1. The third-order valence-electron chi connectivity index (χ3n) is 2.59. The molecule has 122 valence electrons. The Morgan fingerprint density at radius 1 is 1.10 bits per heavy atom. The summed E-state index contributed by atoms with van der Waals surface area (Å²) in [5, 5.41) is 24.7. The van der Waals surface area contributed by atoms with Crippen molar-refractivity contribution in [3.8, 4) is 0 Å². The van der Waals surface area contributed by atoms with Crippen LogP contribution in [0.15, 0.2) is 0 Å². The molecule has 0 aromatic carbocycles. The van der Waals surface area contributed by atoms with E-state index in [1.807, 2.05) is 0 Å². The Morgan fingerprint density at radius 3 is 2.05 bits per heavy atom.